The van der Waals surface area contributed by atoms with Crippen molar-refractivity contribution in [3.05, 3.63) is 29.6 Å². The average Bonchev–Trinajstić information content (AvgIpc) is 2.20. The lowest BCUT2D eigenvalue weighted by molar-refractivity contribution is 0.294. The van der Waals surface area contributed by atoms with E-state index in [4.69, 9.17) is 16.3 Å². The van der Waals surface area contributed by atoms with E-state index in [-0.39, 0.29) is 5.82 Å². The average molecular weight is 217 g/mol. The first kappa shape index (κ1) is 11.3. The van der Waals surface area contributed by atoms with Gasteiger partial charge in [0, 0.05) is 5.88 Å². The molecule has 0 radical (unpaired) electrons. The van der Waals surface area contributed by atoms with Gasteiger partial charge in [-0.3, -0.25) is 0 Å². The van der Waals surface area contributed by atoms with Gasteiger partial charge in [-0.2, -0.15) is 0 Å². The molecule has 0 atom stereocenters. The van der Waals surface area contributed by atoms with Crippen LogP contribution < -0.4 is 4.74 Å². The second kappa shape index (κ2) is 5.86. The number of halogens is 2. The standard InChI is InChI=1S/C11H14ClFO/c1-2-3-6-14-11-5-4-9(8-12)7-10(11)13/h4-5,7H,2-3,6,8H2,1H3. The first-order valence-corrected chi connectivity index (χ1v) is 5.28. The van der Waals surface area contributed by atoms with E-state index >= 15 is 0 Å². The summed E-state index contributed by atoms with van der Waals surface area (Å²) in [4.78, 5) is 0. The number of ether oxygens (including phenoxy) is 1. The van der Waals surface area contributed by atoms with Crippen LogP contribution in [0.15, 0.2) is 18.2 Å². The Bertz CT molecular complexity index is 289. The zero-order valence-corrected chi connectivity index (χ0v) is 8.98. The Morgan fingerprint density at radius 1 is 1.43 bits per heavy atom. The molecule has 0 N–H and O–H groups in total. The molecule has 0 unspecified atom stereocenters. The van der Waals surface area contributed by atoms with E-state index in [2.05, 4.69) is 6.92 Å². The van der Waals surface area contributed by atoms with Crippen molar-refractivity contribution in [3.8, 4) is 5.75 Å². The number of unbranched alkanes of at least 4 members (excludes halogenated alkanes) is 1. The van der Waals surface area contributed by atoms with Crippen molar-refractivity contribution in [3.63, 3.8) is 0 Å². The van der Waals surface area contributed by atoms with Gasteiger partial charge in [0.2, 0.25) is 0 Å². The van der Waals surface area contributed by atoms with Crippen LogP contribution in [-0.2, 0) is 5.88 Å². The van der Waals surface area contributed by atoms with Gasteiger partial charge < -0.3 is 4.74 Å². The van der Waals surface area contributed by atoms with E-state index in [1.165, 1.54) is 6.07 Å². The first-order valence-electron chi connectivity index (χ1n) is 4.75. The minimum Gasteiger partial charge on any atom is -0.491 e. The highest BCUT2D eigenvalue weighted by Gasteiger charge is 2.03. The van der Waals surface area contributed by atoms with Crippen LogP contribution in [0.2, 0.25) is 0 Å². The van der Waals surface area contributed by atoms with Gasteiger partial charge in [-0.25, -0.2) is 4.39 Å². The Balaban J connectivity index is 2.59. The molecule has 0 heterocycles. The number of hydrogen-bond donors (Lipinski definition) is 0. The summed E-state index contributed by atoms with van der Waals surface area (Å²) in [6.45, 7) is 2.63. The predicted molar refractivity (Wildman–Crippen MR) is 56.4 cm³/mol. The van der Waals surface area contributed by atoms with Crippen molar-refractivity contribution in [1.29, 1.82) is 0 Å². The fourth-order valence-corrected chi connectivity index (χ4v) is 1.24. The molecule has 0 aliphatic heterocycles. The summed E-state index contributed by atoms with van der Waals surface area (Å²) in [5, 5.41) is 0. The number of alkyl halides is 1. The van der Waals surface area contributed by atoms with Crippen LogP contribution in [0.4, 0.5) is 4.39 Å². The molecule has 1 aromatic rings. The Morgan fingerprint density at radius 3 is 2.79 bits per heavy atom. The maximum atomic E-state index is 13.3. The van der Waals surface area contributed by atoms with Crippen molar-refractivity contribution in [2.24, 2.45) is 0 Å². The molecule has 0 fully saturated rings. The molecule has 0 bridgehead atoms. The Labute approximate surface area is 88.8 Å². The third-order valence-electron chi connectivity index (χ3n) is 1.91. The van der Waals surface area contributed by atoms with Crippen molar-refractivity contribution in [2.45, 2.75) is 25.6 Å². The van der Waals surface area contributed by atoms with Crippen LogP contribution in [0.1, 0.15) is 25.3 Å². The Kier molecular flexibility index (Phi) is 4.74. The lowest BCUT2D eigenvalue weighted by atomic mass is 10.2. The Morgan fingerprint density at radius 2 is 2.21 bits per heavy atom. The summed E-state index contributed by atoms with van der Waals surface area (Å²) in [5.41, 5.74) is 0.770. The highest BCUT2D eigenvalue weighted by Crippen LogP contribution is 2.19. The molecule has 0 saturated carbocycles. The van der Waals surface area contributed by atoms with Crippen LogP contribution in [0, 0.1) is 5.82 Å². The van der Waals surface area contributed by atoms with Crippen molar-refractivity contribution in [2.75, 3.05) is 6.61 Å². The molecule has 0 aromatic heterocycles. The molecule has 1 nitrogen and oxygen atoms in total. The molecule has 14 heavy (non-hydrogen) atoms. The van der Waals surface area contributed by atoms with Gasteiger partial charge in [-0.15, -0.1) is 11.6 Å². The summed E-state index contributed by atoms with van der Waals surface area (Å²) in [5.74, 6) is 0.304. The zero-order chi connectivity index (χ0) is 10.4. The molecular formula is C11H14ClFO. The molecule has 0 aliphatic rings. The molecule has 3 heteroatoms. The molecule has 1 aromatic carbocycles. The number of rotatable bonds is 5. The van der Waals surface area contributed by atoms with Crippen LogP contribution in [0.5, 0.6) is 5.75 Å². The molecule has 78 valence electrons. The van der Waals surface area contributed by atoms with Crippen LogP contribution in [0.25, 0.3) is 0 Å². The SMILES string of the molecule is CCCCOc1ccc(CCl)cc1F. The van der Waals surface area contributed by atoms with Gasteiger partial charge in [0.25, 0.3) is 0 Å². The summed E-state index contributed by atoms with van der Waals surface area (Å²) >= 11 is 5.57. The predicted octanol–water partition coefficient (Wildman–Crippen LogP) is 3.74. The Hall–Kier alpha value is -0.760. The third-order valence-corrected chi connectivity index (χ3v) is 2.21. The fourth-order valence-electron chi connectivity index (χ4n) is 1.07. The van der Waals surface area contributed by atoms with Crippen molar-refractivity contribution < 1.29 is 9.13 Å². The second-order valence-electron chi connectivity index (χ2n) is 3.10. The van der Waals surface area contributed by atoms with Crippen LogP contribution >= 0.6 is 11.6 Å². The van der Waals surface area contributed by atoms with E-state index in [0.717, 1.165) is 18.4 Å². The third kappa shape index (κ3) is 3.18. The van der Waals surface area contributed by atoms with Crippen LogP contribution in [-0.4, -0.2) is 6.61 Å². The quantitative estimate of drug-likeness (QED) is 0.538. The van der Waals surface area contributed by atoms with E-state index in [1.54, 1.807) is 12.1 Å². The monoisotopic (exact) mass is 216 g/mol. The topological polar surface area (TPSA) is 9.23 Å². The first-order chi connectivity index (χ1) is 6.77. The maximum Gasteiger partial charge on any atom is 0.165 e. The van der Waals surface area contributed by atoms with Gasteiger partial charge in [0.05, 0.1) is 6.61 Å². The summed E-state index contributed by atoms with van der Waals surface area (Å²) in [6.07, 6.45) is 1.98. The molecule has 0 spiro atoms. The largest absolute Gasteiger partial charge is 0.491 e. The van der Waals surface area contributed by atoms with E-state index < -0.39 is 0 Å². The minimum atomic E-state index is -0.334. The highest BCUT2D eigenvalue weighted by molar-refractivity contribution is 6.17. The van der Waals surface area contributed by atoms with Gasteiger partial charge in [-0.1, -0.05) is 19.4 Å². The number of hydrogen-bond acceptors (Lipinski definition) is 1. The fraction of sp³-hybridized carbons (Fsp3) is 0.455. The lowest BCUT2D eigenvalue weighted by Crippen LogP contribution is -1.98. The molecule has 0 aliphatic carbocycles. The van der Waals surface area contributed by atoms with Gasteiger partial charge in [0.15, 0.2) is 11.6 Å². The maximum absolute atomic E-state index is 13.3. The second-order valence-corrected chi connectivity index (χ2v) is 3.37. The smallest absolute Gasteiger partial charge is 0.165 e. The summed E-state index contributed by atoms with van der Waals surface area (Å²) < 4.78 is 18.5. The lowest BCUT2D eigenvalue weighted by Gasteiger charge is -2.06. The minimum absolute atomic E-state index is 0.312. The molecular weight excluding hydrogens is 203 g/mol. The van der Waals surface area contributed by atoms with E-state index in [9.17, 15) is 4.39 Å². The zero-order valence-electron chi connectivity index (χ0n) is 8.22. The molecule has 1 rings (SSSR count). The van der Waals surface area contributed by atoms with Gasteiger partial charge >= 0.3 is 0 Å². The molecule has 0 saturated heterocycles. The molecule has 0 amide bonds. The van der Waals surface area contributed by atoms with E-state index in [1.807, 2.05) is 0 Å². The van der Waals surface area contributed by atoms with E-state index in [0.29, 0.717) is 18.2 Å². The number of benzene rings is 1. The van der Waals surface area contributed by atoms with Crippen molar-refractivity contribution in [1.82, 2.24) is 0 Å². The van der Waals surface area contributed by atoms with Gasteiger partial charge in [-0.05, 0) is 24.1 Å². The van der Waals surface area contributed by atoms with Gasteiger partial charge in [0.1, 0.15) is 0 Å². The highest BCUT2D eigenvalue weighted by atomic mass is 35.5. The summed E-state index contributed by atoms with van der Waals surface area (Å²) in [7, 11) is 0. The van der Waals surface area contributed by atoms with Crippen LogP contribution in [0.3, 0.4) is 0 Å². The summed E-state index contributed by atoms with van der Waals surface area (Å²) in [6, 6.07) is 4.81. The van der Waals surface area contributed by atoms with Crippen molar-refractivity contribution >= 4 is 11.6 Å². The normalized spacial score (nSPS) is 10.2.